The number of rotatable bonds is 5. The van der Waals surface area contributed by atoms with Gasteiger partial charge in [-0.3, -0.25) is 9.59 Å². The molecule has 2 rings (SSSR count). The lowest BCUT2D eigenvalue weighted by Crippen LogP contribution is -2.51. The zero-order valence-electron chi connectivity index (χ0n) is 13.0. The Morgan fingerprint density at radius 1 is 1.35 bits per heavy atom. The lowest BCUT2D eigenvalue weighted by atomic mass is 10.0. The van der Waals surface area contributed by atoms with Gasteiger partial charge in [0.05, 0.1) is 5.25 Å². The van der Waals surface area contributed by atoms with E-state index in [4.69, 9.17) is 5.11 Å². The molecule has 0 radical (unpaired) electrons. The van der Waals surface area contributed by atoms with Crippen molar-refractivity contribution in [3.05, 3.63) is 29.8 Å². The molecule has 1 aromatic carbocycles. The minimum Gasteiger partial charge on any atom is -0.480 e. The van der Waals surface area contributed by atoms with Gasteiger partial charge >= 0.3 is 5.97 Å². The van der Waals surface area contributed by atoms with Gasteiger partial charge in [-0.25, -0.2) is 4.79 Å². The zero-order chi connectivity index (χ0) is 17.0. The number of nitrogens with one attached hydrogen (secondary N) is 2. The SMILES string of the molecule is CC(C)c1ccc(NC(=O)C[C@H]2SC[C@H](C(=O)O)NC2=O)cc1. The van der Waals surface area contributed by atoms with Gasteiger partial charge in [-0.1, -0.05) is 26.0 Å². The predicted molar refractivity (Wildman–Crippen MR) is 89.6 cm³/mol. The van der Waals surface area contributed by atoms with E-state index in [2.05, 4.69) is 24.5 Å². The van der Waals surface area contributed by atoms with Crippen molar-refractivity contribution < 1.29 is 19.5 Å². The lowest BCUT2D eigenvalue weighted by Gasteiger charge is -2.25. The fraction of sp³-hybridized carbons (Fsp3) is 0.438. The summed E-state index contributed by atoms with van der Waals surface area (Å²) in [5.41, 5.74) is 1.87. The van der Waals surface area contributed by atoms with Crippen molar-refractivity contribution in [3.8, 4) is 0 Å². The van der Waals surface area contributed by atoms with E-state index in [0.717, 1.165) is 0 Å². The number of carboxylic acid groups (broad SMARTS) is 1. The van der Waals surface area contributed by atoms with E-state index in [1.54, 1.807) is 0 Å². The number of anilines is 1. The van der Waals surface area contributed by atoms with Crippen molar-refractivity contribution >= 4 is 35.2 Å². The van der Waals surface area contributed by atoms with Gasteiger partial charge in [-0.2, -0.15) is 0 Å². The molecule has 0 bridgehead atoms. The summed E-state index contributed by atoms with van der Waals surface area (Å²) in [4.78, 5) is 34.7. The van der Waals surface area contributed by atoms with E-state index in [1.165, 1.54) is 17.3 Å². The molecule has 0 spiro atoms. The van der Waals surface area contributed by atoms with Gasteiger partial charge in [-0.05, 0) is 23.6 Å². The van der Waals surface area contributed by atoms with Crippen LogP contribution in [0, 0.1) is 0 Å². The Morgan fingerprint density at radius 2 is 2.00 bits per heavy atom. The molecule has 2 atom stereocenters. The molecule has 3 N–H and O–H groups in total. The number of amides is 2. The van der Waals surface area contributed by atoms with Crippen molar-refractivity contribution in [2.75, 3.05) is 11.1 Å². The first kappa shape index (κ1) is 17.3. The first-order valence-electron chi connectivity index (χ1n) is 7.41. The smallest absolute Gasteiger partial charge is 0.327 e. The number of benzene rings is 1. The molecule has 6 nitrogen and oxygen atoms in total. The third-order valence-corrected chi connectivity index (χ3v) is 4.91. The van der Waals surface area contributed by atoms with Gasteiger partial charge < -0.3 is 15.7 Å². The number of hydrogen-bond acceptors (Lipinski definition) is 4. The number of carbonyl (C=O) groups is 3. The number of thioether (sulfide) groups is 1. The molecular weight excluding hydrogens is 316 g/mol. The average molecular weight is 336 g/mol. The second-order valence-electron chi connectivity index (χ2n) is 5.75. The van der Waals surface area contributed by atoms with Crippen LogP contribution in [0.4, 0.5) is 5.69 Å². The van der Waals surface area contributed by atoms with E-state index in [-0.39, 0.29) is 18.1 Å². The molecule has 1 saturated heterocycles. The summed E-state index contributed by atoms with van der Waals surface area (Å²) in [5.74, 6) is -1.03. The second-order valence-corrected chi connectivity index (χ2v) is 6.99. The van der Waals surface area contributed by atoms with Crippen molar-refractivity contribution in [3.63, 3.8) is 0 Å². The molecule has 0 aliphatic carbocycles. The second kappa shape index (κ2) is 7.50. The van der Waals surface area contributed by atoms with E-state index >= 15 is 0 Å². The molecule has 0 saturated carbocycles. The van der Waals surface area contributed by atoms with Crippen LogP contribution in [0.15, 0.2) is 24.3 Å². The number of hydrogen-bond donors (Lipinski definition) is 3. The highest BCUT2D eigenvalue weighted by molar-refractivity contribution is 8.00. The van der Waals surface area contributed by atoms with Crippen molar-refractivity contribution in [2.45, 2.75) is 37.5 Å². The van der Waals surface area contributed by atoms with E-state index < -0.39 is 23.2 Å². The molecule has 1 aliphatic heterocycles. The van der Waals surface area contributed by atoms with Gasteiger partial charge in [0.15, 0.2) is 0 Å². The Bertz CT molecular complexity index is 601. The Hall–Kier alpha value is -2.02. The first-order chi connectivity index (χ1) is 10.9. The maximum absolute atomic E-state index is 12.0. The van der Waals surface area contributed by atoms with Crippen molar-refractivity contribution in [1.82, 2.24) is 5.32 Å². The van der Waals surface area contributed by atoms with E-state index in [0.29, 0.717) is 11.6 Å². The predicted octanol–water partition coefficient (Wildman–Crippen LogP) is 1.82. The quantitative estimate of drug-likeness (QED) is 0.762. The number of carbonyl (C=O) groups excluding carboxylic acids is 2. The average Bonchev–Trinajstić information content (AvgIpc) is 2.49. The fourth-order valence-electron chi connectivity index (χ4n) is 2.21. The van der Waals surface area contributed by atoms with E-state index in [9.17, 15) is 14.4 Å². The Morgan fingerprint density at radius 3 is 2.52 bits per heavy atom. The molecule has 7 heteroatoms. The summed E-state index contributed by atoms with van der Waals surface area (Å²) < 4.78 is 0. The molecule has 1 aromatic rings. The Balaban J connectivity index is 1.87. The van der Waals surface area contributed by atoms with Crippen LogP contribution < -0.4 is 10.6 Å². The molecule has 124 valence electrons. The molecule has 2 amide bonds. The molecule has 1 fully saturated rings. The van der Waals surface area contributed by atoms with Gasteiger partial charge in [0.25, 0.3) is 0 Å². The lowest BCUT2D eigenvalue weighted by molar-refractivity contribution is -0.141. The van der Waals surface area contributed by atoms with Crippen LogP contribution in [-0.2, 0) is 14.4 Å². The third-order valence-electron chi connectivity index (χ3n) is 3.60. The Labute approximate surface area is 139 Å². The van der Waals surface area contributed by atoms with Crippen molar-refractivity contribution in [2.24, 2.45) is 0 Å². The third kappa shape index (κ3) is 4.72. The highest BCUT2D eigenvalue weighted by Gasteiger charge is 2.33. The highest BCUT2D eigenvalue weighted by atomic mass is 32.2. The maximum Gasteiger partial charge on any atom is 0.327 e. The summed E-state index contributed by atoms with van der Waals surface area (Å²) >= 11 is 1.20. The minimum atomic E-state index is -1.06. The zero-order valence-corrected chi connectivity index (χ0v) is 13.9. The Kier molecular flexibility index (Phi) is 5.65. The van der Waals surface area contributed by atoms with Crippen LogP contribution in [0.3, 0.4) is 0 Å². The maximum atomic E-state index is 12.0. The summed E-state index contributed by atoms with van der Waals surface area (Å²) in [6.45, 7) is 4.19. The molecular formula is C16H20N2O4S. The van der Waals surface area contributed by atoms with Gasteiger partial charge in [0, 0.05) is 17.9 Å². The summed E-state index contributed by atoms with van der Waals surface area (Å²) in [7, 11) is 0. The highest BCUT2D eigenvalue weighted by Crippen LogP contribution is 2.22. The number of carboxylic acids is 1. The van der Waals surface area contributed by atoms with Crippen LogP contribution >= 0.6 is 11.8 Å². The summed E-state index contributed by atoms with van der Waals surface area (Å²) in [5, 5.41) is 13.5. The minimum absolute atomic E-state index is 0.0226. The molecule has 1 aliphatic rings. The molecule has 23 heavy (non-hydrogen) atoms. The first-order valence-corrected chi connectivity index (χ1v) is 8.46. The van der Waals surface area contributed by atoms with Crippen molar-refractivity contribution in [1.29, 1.82) is 0 Å². The standard InChI is InChI=1S/C16H20N2O4S/c1-9(2)10-3-5-11(6-4-10)17-14(19)7-13-15(20)18-12(8-23-13)16(21)22/h3-6,9,12-13H,7-8H2,1-2H3,(H,17,19)(H,18,20)(H,21,22)/t12-,13-/m1/s1. The van der Waals surface area contributed by atoms with Gasteiger partial charge in [-0.15, -0.1) is 11.8 Å². The van der Waals surface area contributed by atoms with Gasteiger partial charge in [0.1, 0.15) is 6.04 Å². The molecule has 1 heterocycles. The molecule has 0 unspecified atom stereocenters. The summed E-state index contributed by atoms with van der Waals surface area (Å²) in [6.07, 6.45) is 0.0226. The normalized spacial score (nSPS) is 20.9. The van der Waals surface area contributed by atoms with Gasteiger partial charge in [0.2, 0.25) is 11.8 Å². The monoisotopic (exact) mass is 336 g/mol. The van der Waals surface area contributed by atoms with Crippen LogP contribution in [0.2, 0.25) is 0 Å². The van der Waals surface area contributed by atoms with Crippen LogP contribution in [0.25, 0.3) is 0 Å². The van der Waals surface area contributed by atoms with Crippen LogP contribution in [0.5, 0.6) is 0 Å². The van der Waals surface area contributed by atoms with Crippen LogP contribution in [-0.4, -0.2) is 39.9 Å². The number of aliphatic carboxylic acids is 1. The fourth-order valence-corrected chi connectivity index (χ4v) is 3.35. The van der Waals surface area contributed by atoms with Crippen LogP contribution in [0.1, 0.15) is 31.7 Å². The summed E-state index contributed by atoms with van der Waals surface area (Å²) in [6, 6.07) is 6.71. The van der Waals surface area contributed by atoms with E-state index in [1.807, 2.05) is 24.3 Å². The largest absolute Gasteiger partial charge is 0.480 e. The molecule has 0 aromatic heterocycles. The topological polar surface area (TPSA) is 95.5 Å².